The van der Waals surface area contributed by atoms with Crippen LogP contribution in [0.1, 0.15) is 25.5 Å². The van der Waals surface area contributed by atoms with Crippen LogP contribution in [0.3, 0.4) is 0 Å². The van der Waals surface area contributed by atoms with Crippen LogP contribution in [0.5, 0.6) is 0 Å². The molecule has 0 amide bonds. The van der Waals surface area contributed by atoms with Gasteiger partial charge in [-0.15, -0.1) is 0 Å². The second kappa shape index (κ2) is 6.75. The number of benzene rings is 1. The number of hydrogen-bond acceptors (Lipinski definition) is 2. The van der Waals surface area contributed by atoms with E-state index in [9.17, 15) is 0 Å². The van der Waals surface area contributed by atoms with Gasteiger partial charge in [-0.3, -0.25) is 0 Å². The van der Waals surface area contributed by atoms with E-state index in [1.807, 2.05) is 30.0 Å². The van der Waals surface area contributed by atoms with Gasteiger partial charge in [0.2, 0.25) is 0 Å². The number of rotatable bonds is 5. The molecule has 0 spiro atoms. The molecule has 1 aromatic carbocycles. The molecule has 0 aliphatic carbocycles. The summed E-state index contributed by atoms with van der Waals surface area (Å²) in [5, 5.41) is 4.74. The summed E-state index contributed by atoms with van der Waals surface area (Å²) in [6.07, 6.45) is 2.11. The summed E-state index contributed by atoms with van der Waals surface area (Å²) in [6, 6.07) is 6.55. The lowest BCUT2D eigenvalue weighted by molar-refractivity contribution is 0.511. The zero-order chi connectivity index (χ0) is 12.1. The van der Waals surface area contributed by atoms with Crippen molar-refractivity contribution in [3.05, 3.63) is 33.8 Å². The van der Waals surface area contributed by atoms with Gasteiger partial charge < -0.3 is 5.32 Å². The van der Waals surface area contributed by atoms with E-state index in [1.54, 1.807) is 0 Å². The molecule has 0 bridgehead atoms. The lowest BCUT2D eigenvalue weighted by atomic mass is 10.1. The van der Waals surface area contributed by atoms with E-state index in [1.165, 1.54) is 5.56 Å². The lowest BCUT2D eigenvalue weighted by Crippen LogP contribution is -2.30. The van der Waals surface area contributed by atoms with E-state index in [-0.39, 0.29) is 6.04 Å². The number of nitrogens with one attached hydrogen (secondary N) is 1. The fraction of sp³-hybridized carbons (Fsp3) is 0.500. The summed E-state index contributed by atoms with van der Waals surface area (Å²) < 4.78 is 0. The van der Waals surface area contributed by atoms with Crippen LogP contribution in [0, 0.1) is 0 Å². The molecule has 2 atom stereocenters. The van der Waals surface area contributed by atoms with Gasteiger partial charge in [0, 0.05) is 17.8 Å². The second-order valence-corrected chi connectivity index (χ2v) is 5.64. The number of halogens is 2. The maximum absolute atomic E-state index is 5.99. The highest BCUT2D eigenvalue weighted by Gasteiger charge is 2.10. The molecule has 0 radical (unpaired) electrons. The van der Waals surface area contributed by atoms with Crippen LogP contribution in [0.2, 0.25) is 10.0 Å². The zero-order valence-corrected chi connectivity index (χ0v) is 12.1. The lowest BCUT2D eigenvalue weighted by Gasteiger charge is -2.20. The van der Waals surface area contributed by atoms with Gasteiger partial charge in [-0.25, -0.2) is 0 Å². The van der Waals surface area contributed by atoms with Crippen molar-refractivity contribution in [3.63, 3.8) is 0 Å². The van der Waals surface area contributed by atoms with Crippen molar-refractivity contribution in [2.24, 2.45) is 0 Å². The predicted octanol–water partition coefficient (Wildman–Crippen LogP) is 4.40. The van der Waals surface area contributed by atoms with E-state index in [0.717, 1.165) is 5.75 Å². The van der Waals surface area contributed by atoms with Gasteiger partial charge in [-0.2, -0.15) is 11.8 Å². The Bertz CT molecular complexity index is 344. The summed E-state index contributed by atoms with van der Waals surface area (Å²) in [5.41, 5.74) is 1.17. The third-order valence-electron chi connectivity index (χ3n) is 2.39. The van der Waals surface area contributed by atoms with Crippen molar-refractivity contribution in [1.82, 2.24) is 5.32 Å². The van der Waals surface area contributed by atoms with Gasteiger partial charge in [-0.1, -0.05) is 29.3 Å². The van der Waals surface area contributed by atoms with Gasteiger partial charge in [0.05, 0.1) is 10.0 Å². The molecule has 0 heterocycles. The Morgan fingerprint density at radius 1 is 1.25 bits per heavy atom. The highest BCUT2D eigenvalue weighted by atomic mass is 35.5. The first kappa shape index (κ1) is 14.2. The molecule has 1 N–H and O–H groups in total. The quantitative estimate of drug-likeness (QED) is 0.857. The van der Waals surface area contributed by atoms with Crippen LogP contribution in [0.15, 0.2) is 18.2 Å². The topological polar surface area (TPSA) is 12.0 Å². The van der Waals surface area contributed by atoms with Crippen molar-refractivity contribution in [2.75, 3.05) is 12.0 Å². The standard InChI is InChI=1S/C12H17Cl2NS/c1-8(7-16-3)15-9(2)10-4-5-11(13)12(14)6-10/h4-6,8-9,15H,7H2,1-3H3. The molecule has 0 fully saturated rings. The van der Waals surface area contributed by atoms with Crippen molar-refractivity contribution in [2.45, 2.75) is 25.9 Å². The summed E-state index contributed by atoms with van der Waals surface area (Å²) in [4.78, 5) is 0. The molecule has 0 saturated heterocycles. The Hall–Kier alpha value is 0.110. The van der Waals surface area contributed by atoms with E-state index < -0.39 is 0 Å². The maximum atomic E-state index is 5.99. The average Bonchev–Trinajstić information content (AvgIpc) is 2.22. The van der Waals surface area contributed by atoms with Gasteiger partial charge in [0.15, 0.2) is 0 Å². The Balaban J connectivity index is 2.65. The zero-order valence-electron chi connectivity index (χ0n) is 9.76. The molecular weight excluding hydrogens is 261 g/mol. The molecule has 0 aliphatic heterocycles. The molecule has 1 nitrogen and oxygen atoms in total. The van der Waals surface area contributed by atoms with Crippen LogP contribution in [-0.4, -0.2) is 18.1 Å². The van der Waals surface area contributed by atoms with Crippen LogP contribution < -0.4 is 5.32 Å². The average molecular weight is 278 g/mol. The van der Waals surface area contributed by atoms with Crippen molar-refractivity contribution in [3.8, 4) is 0 Å². The Morgan fingerprint density at radius 3 is 2.50 bits per heavy atom. The van der Waals surface area contributed by atoms with Gasteiger partial charge >= 0.3 is 0 Å². The van der Waals surface area contributed by atoms with E-state index in [2.05, 4.69) is 25.4 Å². The Labute approximate surface area is 112 Å². The van der Waals surface area contributed by atoms with Crippen LogP contribution in [-0.2, 0) is 0 Å². The largest absolute Gasteiger partial charge is 0.307 e. The van der Waals surface area contributed by atoms with Crippen LogP contribution in [0.25, 0.3) is 0 Å². The highest BCUT2D eigenvalue weighted by molar-refractivity contribution is 7.98. The summed E-state index contributed by atoms with van der Waals surface area (Å²) >= 11 is 13.7. The predicted molar refractivity (Wildman–Crippen MR) is 75.9 cm³/mol. The third-order valence-corrected chi connectivity index (χ3v) is 3.97. The van der Waals surface area contributed by atoms with E-state index in [4.69, 9.17) is 23.2 Å². The molecule has 1 aromatic rings. The van der Waals surface area contributed by atoms with Gasteiger partial charge in [0.1, 0.15) is 0 Å². The Morgan fingerprint density at radius 2 is 1.94 bits per heavy atom. The van der Waals surface area contributed by atoms with Crippen LogP contribution >= 0.6 is 35.0 Å². The molecular formula is C12H17Cl2NS. The number of thioether (sulfide) groups is 1. The minimum atomic E-state index is 0.289. The molecule has 0 saturated carbocycles. The highest BCUT2D eigenvalue weighted by Crippen LogP contribution is 2.25. The molecule has 90 valence electrons. The summed E-state index contributed by atoms with van der Waals surface area (Å²) in [6.45, 7) is 4.32. The molecule has 0 aliphatic rings. The third kappa shape index (κ3) is 4.17. The van der Waals surface area contributed by atoms with Crippen LogP contribution in [0.4, 0.5) is 0 Å². The van der Waals surface area contributed by atoms with Crippen molar-refractivity contribution >= 4 is 35.0 Å². The minimum Gasteiger partial charge on any atom is -0.307 e. The maximum Gasteiger partial charge on any atom is 0.0595 e. The molecule has 1 rings (SSSR count). The Kier molecular flexibility index (Phi) is 5.98. The smallest absolute Gasteiger partial charge is 0.0595 e. The molecule has 16 heavy (non-hydrogen) atoms. The van der Waals surface area contributed by atoms with Crippen molar-refractivity contribution in [1.29, 1.82) is 0 Å². The second-order valence-electron chi connectivity index (χ2n) is 3.92. The summed E-state index contributed by atoms with van der Waals surface area (Å²) in [5.74, 6) is 1.10. The SMILES string of the molecule is CSCC(C)NC(C)c1ccc(Cl)c(Cl)c1. The monoisotopic (exact) mass is 277 g/mol. The van der Waals surface area contributed by atoms with E-state index >= 15 is 0 Å². The molecule has 4 heteroatoms. The first-order valence-corrected chi connectivity index (χ1v) is 7.39. The molecule has 2 unspecified atom stereocenters. The number of hydrogen-bond donors (Lipinski definition) is 1. The van der Waals surface area contributed by atoms with Gasteiger partial charge in [0.25, 0.3) is 0 Å². The fourth-order valence-corrected chi connectivity index (χ4v) is 2.51. The summed E-state index contributed by atoms with van der Waals surface area (Å²) in [7, 11) is 0. The first-order valence-electron chi connectivity index (χ1n) is 5.24. The fourth-order valence-electron chi connectivity index (χ4n) is 1.60. The van der Waals surface area contributed by atoms with Gasteiger partial charge in [-0.05, 0) is 37.8 Å². The van der Waals surface area contributed by atoms with E-state index in [0.29, 0.717) is 16.1 Å². The normalized spacial score (nSPS) is 14.8. The first-order chi connectivity index (χ1) is 7.54. The molecule has 0 aromatic heterocycles. The van der Waals surface area contributed by atoms with Crippen molar-refractivity contribution < 1.29 is 0 Å². The minimum absolute atomic E-state index is 0.289.